The molecule has 24 heavy (non-hydrogen) atoms. The third-order valence-corrected chi connectivity index (χ3v) is 3.77. The van der Waals surface area contributed by atoms with Gasteiger partial charge in [-0.05, 0) is 17.7 Å². The largest absolute Gasteiger partial charge is 0.474 e. The van der Waals surface area contributed by atoms with E-state index < -0.39 is 0 Å². The number of aromatic nitrogens is 1. The maximum absolute atomic E-state index is 12.5. The molecule has 0 amide bonds. The smallest absolute Gasteiger partial charge is 0.264 e. The SMILES string of the molecule is Cn1c(OCc2ccccc2)ccc(C(=O)c2ccccc2)c1=O. The molecule has 1 heterocycles. The lowest BCUT2D eigenvalue weighted by atomic mass is 10.1. The Bertz CT molecular complexity index is 899. The highest BCUT2D eigenvalue weighted by Crippen LogP contribution is 2.13. The van der Waals surface area contributed by atoms with E-state index in [2.05, 4.69) is 0 Å². The molecule has 0 fully saturated rings. The molecule has 0 bridgehead atoms. The van der Waals surface area contributed by atoms with Crippen molar-refractivity contribution in [2.75, 3.05) is 0 Å². The molecule has 0 aliphatic rings. The van der Waals surface area contributed by atoms with Gasteiger partial charge in [-0.1, -0.05) is 60.7 Å². The summed E-state index contributed by atoms with van der Waals surface area (Å²) in [7, 11) is 1.60. The highest BCUT2D eigenvalue weighted by atomic mass is 16.5. The van der Waals surface area contributed by atoms with Crippen molar-refractivity contribution in [3.63, 3.8) is 0 Å². The van der Waals surface area contributed by atoms with Crippen molar-refractivity contribution in [1.82, 2.24) is 4.57 Å². The van der Waals surface area contributed by atoms with Crippen molar-refractivity contribution in [1.29, 1.82) is 0 Å². The first-order valence-corrected chi connectivity index (χ1v) is 7.63. The number of carbonyl (C=O) groups excluding carboxylic acids is 1. The van der Waals surface area contributed by atoms with Crippen LogP contribution in [-0.2, 0) is 13.7 Å². The van der Waals surface area contributed by atoms with E-state index in [1.165, 1.54) is 10.6 Å². The quantitative estimate of drug-likeness (QED) is 0.679. The van der Waals surface area contributed by atoms with Gasteiger partial charge < -0.3 is 4.74 Å². The number of nitrogens with zero attached hydrogens (tertiary/aromatic N) is 1. The van der Waals surface area contributed by atoms with Crippen molar-refractivity contribution in [2.45, 2.75) is 6.61 Å². The van der Waals surface area contributed by atoms with E-state index in [0.717, 1.165) is 5.56 Å². The van der Waals surface area contributed by atoms with Gasteiger partial charge in [0.15, 0.2) is 11.7 Å². The van der Waals surface area contributed by atoms with Crippen LogP contribution >= 0.6 is 0 Å². The molecule has 1 aromatic heterocycles. The molecule has 4 nitrogen and oxygen atoms in total. The van der Waals surface area contributed by atoms with Crippen LogP contribution in [0.4, 0.5) is 0 Å². The third-order valence-electron chi connectivity index (χ3n) is 3.77. The van der Waals surface area contributed by atoms with Crippen LogP contribution in [0.2, 0.25) is 0 Å². The fourth-order valence-corrected chi connectivity index (χ4v) is 2.41. The molecule has 0 saturated heterocycles. The molecule has 0 spiro atoms. The molecule has 0 aliphatic heterocycles. The average molecular weight is 319 g/mol. The number of pyridine rings is 1. The van der Waals surface area contributed by atoms with Crippen molar-refractivity contribution < 1.29 is 9.53 Å². The van der Waals surface area contributed by atoms with Crippen LogP contribution in [-0.4, -0.2) is 10.4 Å². The van der Waals surface area contributed by atoms with Crippen LogP contribution < -0.4 is 10.3 Å². The zero-order valence-electron chi connectivity index (χ0n) is 13.3. The predicted octanol–water partition coefficient (Wildman–Crippen LogP) is 3.20. The molecule has 0 atom stereocenters. The Kier molecular flexibility index (Phi) is 4.57. The molecule has 120 valence electrons. The highest BCUT2D eigenvalue weighted by molar-refractivity contribution is 6.08. The topological polar surface area (TPSA) is 48.3 Å². The zero-order valence-corrected chi connectivity index (χ0v) is 13.3. The molecular weight excluding hydrogens is 302 g/mol. The van der Waals surface area contributed by atoms with Crippen molar-refractivity contribution in [3.05, 3.63) is 99.8 Å². The summed E-state index contributed by atoms with van der Waals surface area (Å²) < 4.78 is 7.06. The fraction of sp³-hybridized carbons (Fsp3) is 0.100. The van der Waals surface area contributed by atoms with E-state index in [-0.39, 0.29) is 16.9 Å². The van der Waals surface area contributed by atoms with Crippen LogP contribution in [0.3, 0.4) is 0 Å². The van der Waals surface area contributed by atoms with Crippen LogP contribution in [0, 0.1) is 0 Å². The van der Waals surface area contributed by atoms with Gasteiger partial charge in [0.2, 0.25) is 0 Å². The minimum atomic E-state index is -0.366. The van der Waals surface area contributed by atoms with Crippen molar-refractivity contribution >= 4 is 5.78 Å². The summed E-state index contributed by atoms with van der Waals surface area (Å²) in [5.41, 5.74) is 1.27. The minimum absolute atomic E-state index is 0.135. The Labute approximate surface area is 140 Å². The molecule has 0 aliphatic carbocycles. The lowest BCUT2D eigenvalue weighted by molar-refractivity contribution is 0.103. The van der Waals surface area contributed by atoms with E-state index in [1.807, 2.05) is 36.4 Å². The van der Waals surface area contributed by atoms with Gasteiger partial charge in [0.25, 0.3) is 5.56 Å². The van der Waals surface area contributed by atoms with Crippen molar-refractivity contribution in [2.24, 2.45) is 7.05 Å². The summed E-state index contributed by atoms with van der Waals surface area (Å²) >= 11 is 0. The van der Waals surface area contributed by atoms with Crippen LogP contribution in [0.5, 0.6) is 5.88 Å². The molecule has 0 unspecified atom stereocenters. The first-order chi connectivity index (χ1) is 11.7. The van der Waals surface area contributed by atoms with Gasteiger partial charge in [-0.25, -0.2) is 0 Å². The number of ether oxygens (including phenoxy) is 1. The lowest BCUT2D eigenvalue weighted by Crippen LogP contribution is -2.25. The maximum Gasteiger partial charge on any atom is 0.264 e. The molecule has 3 aromatic rings. The second-order valence-corrected chi connectivity index (χ2v) is 5.42. The second-order valence-electron chi connectivity index (χ2n) is 5.42. The lowest BCUT2D eigenvalue weighted by Gasteiger charge is -2.11. The summed E-state index contributed by atoms with van der Waals surface area (Å²) in [6.45, 7) is 0.361. The molecule has 4 heteroatoms. The van der Waals surface area contributed by atoms with E-state index in [0.29, 0.717) is 18.1 Å². The van der Waals surface area contributed by atoms with E-state index in [9.17, 15) is 9.59 Å². The summed E-state index contributed by atoms with van der Waals surface area (Å²) in [5, 5.41) is 0. The minimum Gasteiger partial charge on any atom is -0.474 e. The average Bonchev–Trinajstić information content (AvgIpc) is 2.64. The van der Waals surface area contributed by atoms with Gasteiger partial charge in [0, 0.05) is 12.6 Å². The van der Waals surface area contributed by atoms with Gasteiger partial charge in [-0.3, -0.25) is 14.2 Å². The van der Waals surface area contributed by atoms with Gasteiger partial charge >= 0.3 is 0 Å². The Balaban J connectivity index is 1.84. The second kappa shape index (κ2) is 6.96. The molecule has 2 aromatic carbocycles. The maximum atomic E-state index is 12.5. The molecule has 0 radical (unpaired) electrons. The number of ketones is 1. The van der Waals surface area contributed by atoms with Gasteiger partial charge in [0.1, 0.15) is 6.61 Å². The third kappa shape index (κ3) is 3.27. The Morgan fingerprint density at radius 2 is 1.54 bits per heavy atom. The Hall–Kier alpha value is -3.14. The molecular formula is C20H17NO3. The fourth-order valence-electron chi connectivity index (χ4n) is 2.41. The molecule has 0 N–H and O–H groups in total. The number of hydrogen-bond acceptors (Lipinski definition) is 3. The molecule has 0 saturated carbocycles. The van der Waals surface area contributed by atoms with Gasteiger partial charge in [0.05, 0.1) is 5.56 Å². The number of benzene rings is 2. The summed E-state index contributed by atoms with van der Waals surface area (Å²) in [6, 6.07) is 21.6. The highest BCUT2D eigenvalue weighted by Gasteiger charge is 2.15. The summed E-state index contributed by atoms with van der Waals surface area (Å²) in [5.74, 6) is 0.138. The standard InChI is InChI=1S/C20H17NO3/c1-21-18(24-14-15-8-4-2-5-9-15)13-12-17(20(21)23)19(22)16-10-6-3-7-11-16/h2-13H,14H2,1H3. The Morgan fingerprint density at radius 3 is 2.21 bits per heavy atom. The van der Waals surface area contributed by atoms with Crippen LogP contribution in [0.1, 0.15) is 21.5 Å². The number of carbonyl (C=O) groups is 1. The van der Waals surface area contributed by atoms with Gasteiger partial charge in [-0.15, -0.1) is 0 Å². The van der Waals surface area contributed by atoms with E-state index in [1.54, 1.807) is 37.4 Å². The summed E-state index contributed by atoms with van der Waals surface area (Å²) in [6.07, 6.45) is 0. The monoisotopic (exact) mass is 319 g/mol. The van der Waals surface area contributed by atoms with Crippen LogP contribution in [0.25, 0.3) is 0 Å². The van der Waals surface area contributed by atoms with E-state index in [4.69, 9.17) is 4.74 Å². The molecule has 3 rings (SSSR count). The first-order valence-electron chi connectivity index (χ1n) is 7.63. The normalized spacial score (nSPS) is 10.4. The zero-order chi connectivity index (χ0) is 16.9. The summed E-state index contributed by atoms with van der Waals surface area (Å²) in [4.78, 5) is 24.9. The van der Waals surface area contributed by atoms with E-state index >= 15 is 0 Å². The number of hydrogen-bond donors (Lipinski definition) is 0. The Morgan fingerprint density at radius 1 is 0.917 bits per heavy atom. The predicted molar refractivity (Wildman–Crippen MR) is 92.3 cm³/mol. The first kappa shape index (κ1) is 15.7. The van der Waals surface area contributed by atoms with Crippen LogP contribution in [0.15, 0.2) is 77.6 Å². The van der Waals surface area contributed by atoms with Gasteiger partial charge in [-0.2, -0.15) is 0 Å². The number of rotatable bonds is 5. The van der Waals surface area contributed by atoms with Crippen molar-refractivity contribution in [3.8, 4) is 5.88 Å².